The number of nitrogens with one attached hydrogen (secondary N) is 1. The van der Waals surface area contributed by atoms with Gasteiger partial charge >= 0.3 is 0 Å². The zero-order valence-corrected chi connectivity index (χ0v) is 7.90. The predicted molar refractivity (Wildman–Crippen MR) is 55.4 cm³/mol. The topological polar surface area (TPSA) is 24.4 Å². The van der Waals surface area contributed by atoms with Crippen molar-refractivity contribution < 1.29 is 0 Å². The molecule has 2 nitrogen and oxygen atoms in total. The lowest BCUT2D eigenvalue weighted by Gasteiger charge is -2.02. The summed E-state index contributed by atoms with van der Waals surface area (Å²) in [7, 11) is 1.93. The van der Waals surface area contributed by atoms with Crippen LogP contribution < -0.4 is 5.32 Å². The number of hydrogen-bond donors (Lipinski definition) is 1. The Balaban J connectivity index is 2.75. The first-order chi connectivity index (χ1) is 5.88. The van der Waals surface area contributed by atoms with E-state index in [1.54, 1.807) is 11.8 Å². The monoisotopic (exact) mass is 180 g/mol. The molecule has 0 aliphatic rings. The molecule has 0 atom stereocenters. The third-order valence-electron chi connectivity index (χ3n) is 1.41. The van der Waals surface area contributed by atoms with Crippen LogP contribution in [0.25, 0.3) is 0 Å². The maximum absolute atomic E-state index is 3.92. The van der Waals surface area contributed by atoms with Gasteiger partial charge in [0.1, 0.15) is 0 Å². The number of aliphatic imine (C=N–C) groups is 1. The van der Waals surface area contributed by atoms with Crippen molar-refractivity contribution in [1.82, 2.24) is 5.32 Å². The summed E-state index contributed by atoms with van der Waals surface area (Å²) in [4.78, 5) is 5.09. The minimum absolute atomic E-state index is 0.895. The van der Waals surface area contributed by atoms with E-state index < -0.39 is 0 Å². The molecular weight excluding hydrogens is 168 g/mol. The molecule has 0 unspecified atom stereocenters. The molecule has 3 heteroatoms. The van der Waals surface area contributed by atoms with Crippen molar-refractivity contribution >= 4 is 24.2 Å². The predicted octanol–water partition coefficient (Wildman–Crippen LogP) is 2.29. The molecule has 1 N–H and O–H groups in total. The molecule has 0 bridgehead atoms. The lowest BCUT2D eigenvalue weighted by molar-refractivity contribution is 0.982. The van der Waals surface area contributed by atoms with Gasteiger partial charge in [-0.3, -0.25) is 4.99 Å². The normalized spacial score (nSPS) is 9.75. The highest BCUT2D eigenvalue weighted by Crippen LogP contribution is 2.27. The van der Waals surface area contributed by atoms with E-state index in [9.17, 15) is 0 Å². The van der Waals surface area contributed by atoms with Crippen molar-refractivity contribution in [2.45, 2.75) is 4.90 Å². The fourth-order valence-corrected chi connectivity index (χ4v) is 1.61. The van der Waals surface area contributed by atoms with E-state index in [1.165, 1.54) is 4.90 Å². The summed E-state index contributed by atoms with van der Waals surface area (Å²) in [6.45, 7) is 3.52. The van der Waals surface area contributed by atoms with Crippen LogP contribution in [-0.2, 0) is 0 Å². The SMILES string of the molecule is C=Nc1ccccc1SCNC. The molecule has 0 fully saturated rings. The molecule has 0 spiro atoms. The average Bonchev–Trinajstić information content (AvgIpc) is 2.15. The van der Waals surface area contributed by atoms with Gasteiger partial charge in [0.25, 0.3) is 0 Å². The molecule has 64 valence electrons. The molecule has 0 saturated carbocycles. The quantitative estimate of drug-likeness (QED) is 0.437. The molecular formula is C9H12N2S. The summed E-state index contributed by atoms with van der Waals surface area (Å²) >= 11 is 1.73. The van der Waals surface area contributed by atoms with Crippen LogP contribution in [0.4, 0.5) is 5.69 Å². The number of benzene rings is 1. The summed E-state index contributed by atoms with van der Waals surface area (Å²) in [6, 6.07) is 7.98. The van der Waals surface area contributed by atoms with E-state index >= 15 is 0 Å². The second-order valence-electron chi connectivity index (χ2n) is 2.27. The van der Waals surface area contributed by atoms with Crippen molar-refractivity contribution in [1.29, 1.82) is 0 Å². The van der Waals surface area contributed by atoms with E-state index in [0.717, 1.165) is 11.6 Å². The summed E-state index contributed by atoms with van der Waals surface area (Å²) < 4.78 is 0. The van der Waals surface area contributed by atoms with Gasteiger partial charge in [0.15, 0.2) is 0 Å². The van der Waals surface area contributed by atoms with Gasteiger partial charge in [-0.25, -0.2) is 0 Å². The molecule has 0 amide bonds. The first kappa shape index (κ1) is 9.29. The average molecular weight is 180 g/mol. The number of nitrogens with zero attached hydrogens (tertiary/aromatic N) is 1. The van der Waals surface area contributed by atoms with Gasteiger partial charge in [0.05, 0.1) is 5.69 Å². The van der Waals surface area contributed by atoms with Gasteiger partial charge in [0, 0.05) is 10.8 Å². The third kappa shape index (κ3) is 2.36. The molecule has 0 aliphatic heterocycles. The number of para-hydroxylation sites is 1. The maximum Gasteiger partial charge on any atom is 0.0758 e. The second kappa shape index (κ2) is 4.95. The van der Waals surface area contributed by atoms with Gasteiger partial charge in [0.2, 0.25) is 0 Å². The molecule has 0 saturated heterocycles. The number of hydrogen-bond acceptors (Lipinski definition) is 3. The fraction of sp³-hybridized carbons (Fsp3) is 0.222. The van der Waals surface area contributed by atoms with Gasteiger partial charge in [-0.2, -0.15) is 0 Å². The Morgan fingerprint density at radius 2 is 2.25 bits per heavy atom. The first-order valence-electron chi connectivity index (χ1n) is 3.71. The zero-order chi connectivity index (χ0) is 8.81. The summed E-state index contributed by atoms with van der Waals surface area (Å²) in [5, 5.41) is 3.07. The molecule has 0 aliphatic carbocycles. The van der Waals surface area contributed by atoms with E-state index in [0.29, 0.717) is 0 Å². The Hall–Kier alpha value is -0.800. The van der Waals surface area contributed by atoms with Crippen LogP contribution in [0.1, 0.15) is 0 Å². The Bertz CT molecular complexity index is 260. The Kier molecular flexibility index (Phi) is 3.84. The molecule has 12 heavy (non-hydrogen) atoms. The Morgan fingerprint density at radius 1 is 1.50 bits per heavy atom. The van der Waals surface area contributed by atoms with Gasteiger partial charge in [-0.05, 0) is 25.9 Å². The first-order valence-corrected chi connectivity index (χ1v) is 4.70. The van der Waals surface area contributed by atoms with E-state index in [1.807, 2.05) is 31.3 Å². The molecule has 1 aromatic carbocycles. The van der Waals surface area contributed by atoms with E-state index in [2.05, 4.69) is 17.0 Å². The Morgan fingerprint density at radius 3 is 2.92 bits per heavy atom. The minimum atomic E-state index is 0.895. The third-order valence-corrected chi connectivity index (χ3v) is 2.50. The van der Waals surface area contributed by atoms with Crippen LogP contribution in [0.5, 0.6) is 0 Å². The smallest absolute Gasteiger partial charge is 0.0758 e. The molecule has 0 heterocycles. The lowest BCUT2D eigenvalue weighted by Crippen LogP contribution is -2.02. The number of thioether (sulfide) groups is 1. The molecule has 0 radical (unpaired) electrons. The Labute approximate surface area is 77.1 Å². The minimum Gasteiger partial charge on any atom is -0.311 e. The van der Waals surface area contributed by atoms with Crippen LogP contribution in [0.15, 0.2) is 34.2 Å². The van der Waals surface area contributed by atoms with Crippen LogP contribution in [0.3, 0.4) is 0 Å². The summed E-state index contributed by atoms with van der Waals surface area (Å²) in [6.07, 6.45) is 0. The van der Waals surface area contributed by atoms with Crippen molar-refractivity contribution in [3.8, 4) is 0 Å². The van der Waals surface area contributed by atoms with E-state index in [-0.39, 0.29) is 0 Å². The van der Waals surface area contributed by atoms with Crippen molar-refractivity contribution in [2.24, 2.45) is 4.99 Å². The lowest BCUT2D eigenvalue weighted by atomic mass is 10.3. The standard InChI is InChI=1S/C9H12N2S/c1-10-7-12-9-6-4-3-5-8(9)11-2/h3-6,10H,2,7H2,1H3. The van der Waals surface area contributed by atoms with E-state index in [4.69, 9.17) is 0 Å². The number of rotatable bonds is 4. The highest BCUT2D eigenvalue weighted by atomic mass is 32.2. The van der Waals surface area contributed by atoms with Crippen molar-refractivity contribution in [3.63, 3.8) is 0 Å². The van der Waals surface area contributed by atoms with Crippen LogP contribution in [0.2, 0.25) is 0 Å². The van der Waals surface area contributed by atoms with Crippen molar-refractivity contribution in [2.75, 3.05) is 12.9 Å². The molecule has 0 aromatic heterocycles. The van der Waals surface area contributed by atoms with Gasteiger partial charge in [-0.1, -0.05) is 12.1 Å². The van der Waals surface area contributed by atoms with Crippen LogP contribution in [0, 0.1) is 0 Å². The van der Waals surface area contributed by atoms with Gasteiger partial charge in [-0.15, -0.1) is 11.8 Å². The summed E-state index contributed by atoms with van der Waals surface area (Å²) in [5.41, 5.74) is 0.956. The maximum atomic E-state index is 3.92. The highest BCUT2D eigenvalue weighted by molar-refractivity contribution is 7.99. The fourth-order valence-electron chi connectivity index (χ4n) is 0.860. The zero-order valence-electron chi connectivity index (χ0n) is 7.08. The van der Waals surface area contributed by atoms with Gasteiger partial charge < -0.3 is 5.32 Å². The second-order valence-corrected chi connectivity index (χ2v) is 3.29. The highest BCUT2D eigenvalue weighted by Gasteiger charge is 1.97. The van der Waals surface area contributed by atoms with Crippen LogP contribution in [-0.4, -0.2) is 19.6 Å². The van der Waals surface area contributed by atoms with Crippen LogP contribution >= 0.6 is 11.8 Å². The van der Waals surface area contributed by atoms with Crippen molar-refractivity contribution in [3.05, 3.63) is 24.3 Å². The largest absolute Gasteiger partial charge is 0.311 e. The summed E-state index contributed by atoms with van der Waals surface area (Å²) in [5.74, 6) is 0.895. The molecule has 1 aromatic rings. The molecule has 1 rings (SSSR count).